The van der Waals surface area contributed by atoms with Crippen LogP contribution in [0.1, 0.15) is 12.5 Å². The van der Waals surface area contributed by atoms with Gasteiger partial charge in [0.05, 0.1) is 29.1 Å². The predicted octanol–water partition coefficient (Wildman–Crippen LogP) is 3.88. The molecule has 0 fully saturated rings. The van der Waals surface area contributed by atoms with Gasteiger partial charge < -0.3 is 4.74 Å². The molecule has 0 aliphatic carbocycles. The first-order chi connectivity index (χ1) is 17.6. The number of carbonyl (C=O) groups is 1. The van der Waals surface area contributed by atoms with E-state index >= 15 is 0 Å². The van der Waals surface area contributed by atoms with Crippen molar-refractivity contribution < 1.29 is 14.5 Å². The van der Waals surface area contributed by atoms with Crippen LogP contribution in [0.25, 0.3) is 17.1 Å². The largest absolute Gasteiger partial charge is 0.494 e. The quantitative estimate of drug-likeness (QED) is 0.149. The fourth-order valence-corrected chi connectivity index (χ4v) is 3.98. The van der Waals surface area contributed by atoms with Gasteiger partial charge in [0.15, 0.2) is 11.0 Å². The third-order valence-electron chi connectivity index (χ3n) is 4.82. The third-order valence-corrected chi connectivity index (χ3v) is 5.75. The summed E-state index contributed by atoms with van der Waals surface area (Å²) in [5, 5.41) is 24.1. The first kappa shape index (κ1) is 24.5. The Hall–Kier alpha value is -4.58. The van der Waals surface area contributed by atoms with E-state index in [9.17, 15) is 14.9 Å². The van der Waals surface area contributed by atoms with E-state index in [0.29, 0.717) is 17.6 Å². The van der Waals surface area contributed by atoms with E-state index in [-0.39, 0.29) is 17.0 Å². The van der Waals surface area contributed by atoms with Crippen LogP contribution in [0.15, 0.2) is 83.3 Å². The van der Waals surface area contributed by atoms with Crippen LogP contribution in [0.3, 0.4) is 0 Å². The molecule has 0 unspecified atom stereocenters. The maximum absolute atomic E-state index is 12.4. The van der Waals surface area contributed by atoms with E-state index in [2.05, 4.69) is 25.7 Å². The zero-order valence-electron chi connectivity index (χ0n) is 19.1. The highest BCUT2D eigenvalue weighted by Crippen LogP contribution is 2.28. The molecule has 4 rings (SSSR count). The molecule has 0 aliphatic rings. The van der Waals surface area contributed by atoms with E-state index in [0.717, 1.165) is 17.0 Å². The second-order valence-electron chi connectivity index (χ2n) is 7.21. The number of para-hydroxylation sites is 1. The second-order valence-corrected chi connectivity index (χ2v) is 8.15. The summed E-state index contributed by atoms with van der Waals surface area (Å²) in [6, 6.07) is 17.3. The van der Waals surface area contributed by atoms with Crippen molar-refractivity contribution in [1.29, 1.82) is 0 Å². The van der Waals surface area contributed by atoms with Crippen LogP contribution in [0.4, 0.5) is 5.69 Å². The first-order valence-corrected chi connectivity index (χ1v) is 11.8. The predicted molar refractivity (Wildman–Crippen MR) is 135 cm³/mol. The average molecular weight is 504 g/mol. The van der Waals surface area contributed by atoms with Crippen LogP contribution in [0.2, 0.25) is 0 Å². The lowest BCUT2D eigenvalue weighted by Gasteiger charge is -2.11. The Kier molecular flexibility index (Phi) is 7.98. The van der Waals surface area contributed by atoms with Gasteiger partial charge in [-0.15, -0.1) is 10.2 Å². The molecule has 0 saturated carbocycles. The summed E-state index contributed by atoms with van der Waals surface area (Å²) in [5.41, 5.74) is 4.13. The van der Waals surface area contributed by atoms with E-state index < -0.39 is 10.8 Å². The Morgan fingerprint density at radius 3 is 2.69 bits per heavy atom. The lowest BCUT2D eigenvalue weighted by Crippen LogP contribution is -2.20. The van der Waals surface area contributed by atoms with E-state index in [1.165, 1.54) is 24.0 Å². The standard InChI is InChI=1S/C24H21N7O4S/c1-2-35-20-11-9-19(10-12-20)30-23(18-7-5-13-25-14-18)28-29-24(30)36-16-22(32)27-26-15-17-6-3-4-8-21(17)31(33)34/h3-15H,2,16H2,1H3,(H,27,32)/b26-15+. The number of aromatic nitrogens is 4. The molecule has 11 nitrogen and oxygen atoms in total. The number of hydrazone groups is 1. The molecule has 0 bridgehead atoms. The fraction of sp³-hybridized carbons (Fsp3) is 0.125. The van der Waals surface area contributed by atoms with Crippen molar-refractivity contribution in [3.63, 3.8) is 0 Å². The Labute approximate surface area is 210 Å². The van der Waals surface area contributed by atoms with Crippen LogP contribution in [0, 0.1) is 10.1 Å². The molecule has 182 valence electrons. The van der Waals surface area contributed by atoms with Crippen LogP contribution in [-0.2, 0) is 4.79 Å². The van der Waals surface area contributed by atoms with Gasteiger partial charge in [-0.1, -0.05) is 23.9 Å². The maximum atomic E-state index is 12.4. The number of nitrogens with one attached hydrogen (secondary N) is 1. The molecule has 0 saturated heterocycles. The molecule has 4 aromatic rings. The van der Waals surface area contributed by atoms with Crippen LogP contribution in [0.5, 0.6) is 5.75 Å². The summed E-state index contributed by atoms with van der Waals surface area (Å²) in [4.78, 5) is 27.2. The fourth-order valence-electron chi connectivity index (χ4n) is 3.24. The second kappa shape index (κ2) is 11.7. The van der Waals surface area contributed by atoms with Gasteiger partial charge in [-0.25, -0.2) is 5.43 Å². The number of hydrogen-bond donors (Lipinski definition) is 1. The Balaban J connectivity index is 1.50. The third kappa shape index (κ3) is 5.91. The number of carbonyl (C=O) groups excluding carboxylic acids is 1. The van der Waals surface area contributed by atoms with Crippen LogP contribution in [-0.4, -0.2) is 49.2 Å². The van der Waals surface area contributed by atoms with E-state index in [1.54, 1.807) is 30.6 Å². The van der Waals surface area contributed by atoms with Crippen LogP contribution >= 0.6 is 11.8 Å². The van der Waals surface area contributed by atoms with Gasteiger partial charge in [-0.3, -0.25) is 24.5 Å². The minimum Gasteiger partial charge on any atom is -0.494 e. The van der Waals surface area contributed by atoms with Crippen molar-refractivity contribution in [3.8, 4) is 22.8 Å². The number of nitrogens with zero attached hydrogens (tertiary/aromatic N) is 6. The number of nitro benzene ring substituents is 1. The molecule has 0 radical (unpaired) electrons. The molecule has 0 atom stereocenters. The normalized spacial score (nSPS) is 10.9. The van der Waals surface area contributed by atoms with Crippen LogP contribution < -0.4 is 10.2 Å². The van der Waals surface area contributed by atoms with Gasteiger partial charge in [0.1, 0.15) is 5.75 Å². The molecule has 12 heteroatoms. The van der Waals surface area contributed by atoms with Gasteiger partial charge in [0, 0.05) is 29.7 Å². The molecular formula is C24H21N7O4S. The molecule has 36 heavy (non-hydrogen) atoms. The van der Waals surface area contributed by atoms with Gasteiger partial charge in [-0.05, 0) is 49.4 Å². The molecule has 2 heterocycles. The Morgan fingerprint density at radius 1 is 1.17 bits per heavy atom. The average Bonchev–Trinajstić information content (AvgIpc) is 3.33. The zero-order valence-corrected chi connectivity index (χ0v) is 20.0. The molecule has 2 aromatic heterocycles. The highest BCUT2D eigenvalue weighted by Gasteiger charge is 2.18. The molecule has 0 aliphatic heterocycles. The lowest BCUT2D eigenvalue weighted by molar-refractivity contribution is -0.385. The molecular weight excluding hydrogens is 482 g/mol. The topological polar surface area (TPSA) is 137 Å². The zero-order chi connectivity index (χ0) is 25.3. The minimum atomic E-state index is -0.507. The Morgan fingerprint density at radius 2 is 1.97 bits per heavy atom. The first-order valence-electron chi connectivity index (χ1n) is 10.8. The van der Waals surface area contributed by atoms with Gasteiger partial charge >= 0.3 is 0 Å². The number of rotatable bonds is 10. The number of pyridine rings is 1. The summed E-state index contributed by atoms with van der Waals surface area (Å²) in [7, 11) is 0. The monoisotopic (exact) mass is 503 g/mol. The summed E-state index contributed by atoms with van der Waals surface area (Å²) in [6.45, 7) is 2.47. The summed E-state index contributed by atoms with van der Waals surface area (Å²) >= 11 is 1.18. The highest BCUT2D eigenvalue weighted by atomic mass is 32.2. The molecule has 1 amide bonds. The lowest BCUT2D eigenvalue weighted by atomic mass is 10.2. The SMILES string of the molecule is CCOc1ccc(-n2c(SCC(=O)N/N=C/c3ccccc3[N+](=O)[O-])nnc2-c2cccnc2)cc1. The maximum Gasteiger partial charge on any atom is 0.278 e. The number of thioether (sulfide) groups is 1. The van der Waals surface area contributed by atoms with Crippen molar-refractivity contribution in [1.82, 2.24) is 25.2 Å². The van der Waals surface area contributed by atoms with Crippen molar-refractivity contribution in [3.05, 3.63) is 88.7 Å². The number of ether oxygens (including phenoxy) is 1. The van der Waals surface area contributed by atoms with Crippen molar-refractivity contribution in [2.75, 3.05) is 12.4 Å². The van der Waals surface area contributed by atoms with Crippen molar-refractivity contribution in [2.45, 2.75) is 12.1 Å². The molecule has 2 aromatic carbocycles. The highest BCUT2D eigenvalue weighted by molar-refractivity contribution is 7.99. The number of hydrogen-bond acceptors (Lipinski definition) is 9. The smallest absolute Gasteiger partial charge is 0.278 e. The Bertz CT molecular complexity index is 1370. The molecule has 1 N–H and O–H groups in total. The van der Waals surface area contributed by atoms with Gasteiger partial charge in [0.2, 0.25) is 0 Å². The summed E-state index contributed by atoms with van der Waals surface area (Å²) in [5.74, 6) is 0.905. The summed E-state index contributed by atoms with van der Waals surface area (Å²) < 4.78 is 7.37. The van der Waals surface area contributed by atoms with E-state index in [1.807, 2.05) is 47.9 Å². The number of nitro groups is 1. The van der Waals surface area contributed by atoms with E-state index in [4.69, 9.17) is 4.74 Å². The van der Waals surface area contributed by atoms with Gasteiger partial charge in [-0.2, -0.15) is 5.10 Å². The minimum absolute atomic E-state index is 0.00355. The number of amides is 1. The number of benzene rings is 2. The molecule has 0 spiro atoms. The summed E-state index contributed by atoms with van der Waals surface area (Å²) in [6.07, 6.45) is 4.60. The van der Waals surface area contributed by atoms with Gasteiger partial charge in [0.25, 0.3) is 11.6 Å². The van der Waals surface area contributed by atoms with Crippen molar-refractivity contribution >= 4 is 29.6 Å². The van der Waals surface area contributed by atoms with Crippen molar-refractivity contribution in [2.24, 2.45) is 5.10 Å².